The van der Waals surface area contributed by atoms with E-state index in [4.69, 9.17) is 0 Å². The highest BCUT2D eigenvalue weighted by Crippen LogP contribution is 2.16. The third-order valence-electron chi connectivity index (χ3n) is 3.03. The Morgan fingerprint density at radius 2 is 1.74 bits per heavy atom. The smallest absolute Gasteiger partial charge is 0.126 e. The molecule has 1 N–H and O–H groups in total. The summed E-state index contributed by atoms with van der Waals surface area (Å²) < 4.78 is 26.0. The molecule has 0 heterocycles. The van der Waals surface area contributed by atoms with Crippen LogP contribution in [0.3, 0.4) is 0 Å². The van der Waals surface area contributed by atoms with E-state index < -0.39 is 0 Å². The fourth-order valence-corrected chi connectivity index (χ4v) is 2.04. The molecule has 3 heteroatoms. The SMILES string of the molecule is Cc1cc(NC(C)Cc2ccc(F)cc2)ccc1F. The minimum absolute atomic E-state index is 0.190. The molecule has 0 saturated carbocycles. The molecule has 100 valence electrons. The summed E-state index contributed by atoms with van der Waals surface area (Å²) in [6.07, 6.45) is 0.788. The van der Waals surface area contributed by atoms with Crippen LogP contribution in [0.15, 0.2) is 42.5 Å². The van der Waals surface area contributed by atoms with Crippen LogP contribution in [0.25, 0.3) is 0 Å². The summed E-state index contributed by atoms with van der Waals surface area (Å²) in [5.41, 5.74) is 2.59. The topological polar surface area (TPSA) is 12.0 Å². The molecule has 0 aliphatic carbocycles. The minimum atomic E-state index is -0.224. The third-order valence-corrected chi connectivity index (χ3v) is 3.03. The highest BCUT2D eigenvalue weighted by Gasteiger charge is 2.05. The van der Waals surface area contributed by atoms with E-state index in [9.17, 15) is 8.78 Å². The molecular formula is C16H17F2N. The molecule has 0 aliphatic rings. The second kappa shape index (κ2) is 5.83. The lowest BCUT2D eigenvalue weighted by atomic mass is 10.1. The van der Waals surface area contributed by atoms with E-state index in [2.05, 4.69) is 5.32 Å². The Morgan fingerprint density at radius 1 is 1.05 bits per heavy atom. The van der Waals surface area contributed by atoms with E-state index in [1.165, 1.54) is 18.2 Å². The monoisotopic (exact) mass is 261 g/mol. The van der Waals surface area contributed by atoms with Gasteiger partial charge in [-0.25, -0.2) is 8.78 Å². The van der Waals surface area contributed by atoms with Gasteiger partial charge in [0.2, 0.25) is 0 Å². The molecule has 0 aromatic heterocycles. The van der Waals surface area contributed by atoms with Crippen LogP contribution in [0.1, 0.15) is 18.1 Å². The Bertz CT molecular complexity index is 549. The number of hydrogen-bond acceptors (Lipinski definition) is 1. The first-order valence-corrected chi connectivity index (χ1v) is 6.32. The molecule has 1 atom stereocenters. The Labute approximate surface area is 112 Å². The summed E-state index contributed by atoms with van der Waals surface area (Å²) in [4.78, 5) is 0. The van der Waals surface area contributed by atoms with Crippen LogP contribution in [0.4, 0.5) is 14.5 Å². The predicted octanol–water partition coefficient (Wildman–Crippen LogP) is 4.32. The first kappa shape index (κ1) is 13.5. The fraction of sp³-hybridized carbons (Fsp3) is 0.250. The van der Waals surface area contributed by atoms with Gasteiger partial charge in [0.15, 0.2) is 0 Å². The van der Waals surface area contributed by atoms with E-state index >= 15 is 0 Å². The van der Waals surface area contributed by atoms with E-state index in [-0.39, 0.29) is 17.7 Å². The molecular weight excluding hydrogens is 244 g/mol. The van der Waals surface area contributed by atoms with Crippen LogP contribution < -0.4 is 5.32 Å². The second-order valence-electron chi connectivity index (χ2n) is 4.84. The van der Waals surface area contributed by atoms with E-state index in [1.807, 2.05) is 6.92 Å². The molecule has 1 nitrogen and oxygen atoms in total. The number of rotatable bonds is 4. The summed E-state index contributed by atoms with van der Waals surface area (Å²) in [5, 5.41) is 3.31. The maximum atomic E-state index is 13.2. The normalized spacial score (nSPS) is 12.2. The predicted molar refractivity (Wildman–Crippen MR) is 74.3 cm³/mol. The maximum Gasteiger partial charge on any atom is 0.126 e. The number of nitrogens with one attached hydrogen (secondary N) is 1. The van der Waals surface area contributed by atoms with Gasteiger partial charge in [-0.3, -0.25) is 0 Å². The van der Waals surface area contributed by atoms with Crippen LogP contribution >= 0.6 is 0 Å². The molecule has 2 aromatic carbocycles. The van der Waals surface area contributed by atoms with Crippen molar-refractivity contribution in [3.8, 4) is 0 Å². The number of aryl methyl sites for hydroxylation is 1. The molecule has 19 heavy (non-hydrogen) atoms. The number of anilines is 1. The van der Waals surface area contributed by atoms with Crippen molar-refractivity contribution in [1.82, 2.24) is 0 Å². The van der Waals surface area contributed by atoms with Crippen LogP contribution in [0, 0.1) is 18.6 Å². The summed E-state index contributed by atoms with van der Waals surface area (Å²) in [6, 6.07) is 11.7. The largest absolute Gasteiger partial charge is 0.382 e. The highest BCUT2D eigenvalue weighted by molar-refractivity contribution is 5.46. The molecule has 0 bridgehead atoms. The van der Waals surface area contributed by atoms with E-state index in [0.29, 0.717) is 5.56 Å². The van der Waals surface area contributed by atoms with Crippen molar-refractivity contribution < 1.29 is 8.78 Å². The van der Waals surface area contributed by atoms with E-state index in [0.717, 1.165) is 17.7 Å². The second-order valence-corrected chi connectivity index (χ2v) is 4.84. The van der Waals surface area contributed by atoms with Gasteiger partial charge in [0.1, 0.15) is 11.6 Å². The molecule has 0 saturated heterocycles. The first-order valence-electron chi connectivity index (χ1n) is 6.32. The Morgan fingerprint density at radius 3 is 2.37 bits per heavy atom. The van der Waals surface area contributed by atoms with Gasteiger partial charge in [-0.05, 0) is 61.7 Å². The van der Waals surface area contributed by atoms with Crippen LogP contribution in [-0.4, -0.2) is 6.04 Å². The molecule has 0 aliphatic heterocycles. The molecule has 2 rings (SSSR count). The maximum absolute atomic E-state index is 13.2. The molecule has 0 amide bonds. The lowest BCUT2D eigenvalue weighted by Gasteiger charge is -2.16. The lowest BCUT2D eigenvalue weighted by molar-refractivity contribution is 0.618. The molecule has 0 spiro atoms. The van der Waals surface area contributed by atoms with E-state index in [1.54, 1.807) is 31.2 Å². The van der Waals surface area contributed by atoms with Gasteiger partial charge in [0.25, 0.3) is 0 Å². The van der Waals surface area contributed by atoms with Gasteiger partial charge < -0.3 is 5.32 Å². The zero-order valence-electron chi connectivity index (χ0n) is 11.1. The van der Waals surface area contributed by atoms with Crippen molar-refractivity contribution >= 4 is 5.69 Å². The van der Waals surface area contributed by atoms with Gasteiger partial charge in [0.05, 0.1) is 0 Å². The highest BCUT2D eigenvalue weighted by atomic mass is 19.1. The first-order chi connectivity index (χ1) is 9.04. The van der Waals surface area contributed by atoms with Gasteiger partial charge >= 0.3 is 0 Å². The summed E-state index contributed by atoms with van der Waals surface area (Å²) in [7, 11) is 0. The van der Waals surface area contributed by atoms with Crippen LogP contribution in [0.2, 0.25) is 0 Å². The lowest BCUT2D eigenvalue weighted by Crippen LogP contribution is -2.18. The average Bonchev–Trinajstić information content (AvgIpc) is 2.37. The number of halogens is 2. The molecule has 1 unspecified atom stereocenters. The average molecular weight is 261 g/mol. The molecule has 2 aromatic rings. The Balaban J connectivity index is 1.98. The Hall–Kier alpha value is -1.90. The van der Waals surface area contributed by atoms with Crippen molar-refractivity contribution in [3.63, 3.8) is 0 Å². The van der Waals surface area contributed by atoms with Crippen molar-refractivity contribution in [3.05, 3.63) is 65.2 Å². The van der Waals surface area contributed by atoms with Crippen LogP contribution in [0.5, 0.6) is 0 Å². The van der Waals surface area contributed by atoms with Gasteiger partial charge in [0, 0.05) is 11.7 Å². The summed E-state index contributed by atoms with van der Waals surface area (Å²) in [5.74, 6) is -0.421. The summed E-state index contributed by atoms with van der Waals surface area (Å²) in [6.45, 7) is 3.78. The van der Waals surface area contributed by atoms with Crippen LogP contribution in [-0.2, 0) is 6.42 Å². The van der Waals surface area contributed by atoms with Crippen molar-refractivity contribution in [1.29, 1.82) is 0 Å². The standard InChI is InChI=1S/C16H17F2N/c1-11-9-15(7-8-16(11)18)19-12(2)10-13-3-5-14(17)6-4-13/h3-9,12,19H,10H2,1-2H3. The van der Waals surface area contributed by atoms with Gasteiger partial charge in [-0.2, -0.15) is 0 Å². The zero-order chi connectivity index (χ0) is 13.8. The minimum Gasteiger partial charge on any atom is -0.382 e. The number of hydrogen-bond donors (Lipinski definition) is 1. The summed E-state index contributed by atoms with van der Waals surface area (Å²) >= 11 is 0. The van der Waals surface area contributed by atoms with Crippen molar-refractivity contribution in [2.45, 2.75) is 26.3 Å². The third kappa shape index (κ3) is 3.78. The zero-order valence-corrected chi connectivity index (χ0v) is 11.1. The molecule has 0 fully saturated rings. The quantitative estimate of drug-likeness (QED) is 0.864. The van der Waals surface area contributed by atoms with Gasteiger partial charge in [-0.1, -0.05) is 12.1 Å². The van der Waals surface area contributed by atoms with Crippen molar-refractivity contribution in [2.24, 2.45) is 0 Å². The fourth-order valence-electron chi connectivity index (χ4n) is 2.04. The van der Waals surface area contributed by atoms with Crippen molar-refractivity contribution in [2.75, 3.05) is 5.32 Å². The number of benzene rings is 2. The molecule has 0 radical (unpaired) electrons. The Kier molecular flexibility index (Phi) is 4.15. The van der Waals surface area contributed by atoms with Gasteiger partial charge in [-0.15, -0.1) is 0 Å².